The van der Waals surface area contributed by atoms with Crippen LogP contribution in [0.5, 0.6) is 0 Å². The third kappa shape index (κ3) is 2.81. The number of rotatable bonds is 5. The lowest BCUT2D eigenvalue weighted by Gasteiger charge is -2.14. The van der Waals surface area contributed by atoms with Crippen LogP contribution in [0.1, 0.15) is 35.4 Å². The molecule has 0 bridgehead atoms. The highest BCUT2D eigenvalue weighted by atomic mass is 79.9. The lowest BCUT2D eigenvalue weighted by molar-refractivity contribution is 0.453. The minimum atomic E-state index is 0.148. The highest BCUT2D eigenvalue weighted by molar-refractivity contribution is 9.10. The van der Waals surface area contributed by atoms with Crippen LogP contribution in [0.3, 0.4) is 0 Å². The molecule has 0 aromatic carbocycles. The van der Waals surface area contributed by atoms with Crippen LogP contribution in [0.15, 0.2) is 33.4 Å². The van der Waals surface area contributed by atoms with Crippen LogP contribution in [0, 0.1) is 0 Å². The van der Waals surface area contributed by atoms with E-state index >= 15 is 0 Å². The van der Waals surface area contributed by atoms with Gasteiger partial charge >= 0.3 is 0 Å². The molecule has 1 N–H and O–H groups in total. The molecule has 17 heavy (non-hydrogen) atoms. The molecule has 2 nitrogen and oxygen atoms in total. The van der Waals surface area contributed by atoms with Crippen molar-refractivity contribution in [3.8, 4) is 0 Å². The molecule has 2 aromatic rings. The predicted octanol–water partition coefficient (Wildman–Crippen LogP) is 4.36. The summed E-state index contributed by atoms with van der Waals surface area (Å²) in [4.78, 5) is 2.71. The highest BCUT2D eigenvalue weighted by Gasteiger charge is 2.20. The zero-order valence-corrected chi connectivity index (χ0v) is 12.4. The minimum Gasteiger partial charge on any atom is -0.466 e. The number of hydrogen-bond acceptors (Lipinski definition) is 3. The van der Waals surface area contributed by atoms with E-state index in [1.54, 1.807) is 6.26 Å². The van der Waals surface area contributed by atoms with E-state index < -0.39 is 0 Å². The Morgan fingerprint density at radius 3 is 2.71 bits per heavy atom. The number of thiophene rings is 1. The Kier molecular flexibility index (Phi) is 4.42. The molecule has 0 fully saturated rings. The van der Waals surface area contributed by atoms with Gasteiger partial charge in [0.1, 0.15) is 11.8 Å². The van der Waals surface area contributed by atoms with E-state index in [4.69, 9.17) is 4.42 Å². The van der Waals surface area contributed by atoms with E-state index in [1.165, 1.54) is 9.75 Å². The maximum atomic E-state index is 5.57. The Labute approximate surface area is 114 Å². The third-order valence-corrected chi connectivity index (χ3v) is 4.58. The number of aryl methyl sites for hydroxylation is 1. The molecular formula is C13H16BrNOS. The van der Waals surface area contributed by atoms with Gasteiger partial charge in [-0.05, 0) is 47.1 Å². The molecule has 0 saturated carbocycles. The monoisotopic (exact) mass is 313 g/mol. The Hall–Kier alpha value is -0.580. The minimum absolute atomic E-state index is 0.148. The first-order chi connectivity index (χ1) is 8.26. The molecule has 0 aliphatic heterocycles. The van der Waals surface area contributed by atoms with Gasteiger partial charge in [-0.25, -0.2) is 0 Å². The Balaban J connectivity index is 2.32. The van der Waals surface area contributed by atoms with Crippen molar-refractivity contribution in [2.45, 2.75) is 26.3 Å². The highest BCUT2D eigenvalue weighted by Crippen LogP contribution is 2.33. The molecule has 2 heterocycles. The summed E-state index contributed by atoms with van der Waals surface area (Å²) in [5.74, 6) is 0.955. The summed E-state index contributed by atoms with van der Waals surface area (Å²) in [5.41, 5.74) is 0. The average molecular weight is 314 g/mol. The third-order valence-electron chi connectivity index (χ3n) is 2.63. The summed E-state index contributed by atoms with van der Waals surface area (Å²) in [6.45, 7) is 5.20. The zero-order chi connectivity index (χ0) is 12.3. The lowest BCUT2D eigenvalue weighted by atomic mass is 10.2. The lowest BCUT2D eigenvalue weighted by Crippen LogP contribution is -2.20. The van der Waals surface area contributed by atoms with Crippen molar-refractivity contribution in [1.29, 1.82) is 0 Å². The summed E-state index contributed by atoms with van der Waals surface area (Å²) in [6.07, 6.45) is 2.81. The molecule has 1 atom stereocenters. The van der Waals surface area contributed by atoms with Crippen molar-refractivity contribution in [3.63, 3.8) is 0 Å². The van der Waals surface area contributed by atoms with Gasteiger partial charge in [-0.1, -0.05) is 13.8 Å². The van der Waals surface area contributed by atoms with E-state index in [1.807, 2.05) is 17.4 Å². The molecule has 0 aliphatic carbocycles. The Morgan fingerprint density at radius 1 is 1.35 bits per heavy atom. The second-order valence-electron chi connectivity index (χ2n) is 3.78. The molecule has 92 valence electrons. The van der Waals surface area contributed by atoms with E-state index in [-0.39, 0.29) is 6.04 Å². The summed E-state index contributed by atoms with van der Waals surface area (Å²) >= 11 is 5.37. The topological polar surface area (TPSA) is 25.2 Å². The average Bonchev–Trinajstić information content (AvgIpc) is 2.95. The van der Waals surface area contributed by atoms with E-state index in [0.29, 0.717) is 0 Å². The van der Waals surface area contributed by atoms with Gasteiger partial charge in [-0.15, -0.1) is 11.3 Å². The van der Waals surface area contributed by atoms with Gasteiger partial charge in [0, 0.05) is 9.75 Å². The first kappa shape index (κ1) is 12.9. The molecular weight excluding hydrogens is 298 g/mol. The second-order valence-corrected chi connectivity index (χ2v) is 5.84. The largest absolute Gasteiger partial charge is 0.466 e. The number of nitrogens with one attached hydrogen (secondary N) is 1. The van der Waals surface area contributed by atoms with Crippen molar-refractivity contribution in [2.24, 2.45) is 0 Å². The van der Waals surface area contributed by atoms with Gasteiger partial charge in [0.25, 0.3) is 0 Å². The molecule has 0 spiro atoms. The molecule has 4 heteroatoms. The van der Waals surface area contributed by atoms with Crippen LogP contribution < -0.4 is 5.32 Å². The van der Waals surface area contributed by atoms with Crippen molar-refractivity contribution in [1.82, 2.24) is 5.32 Å². The standard InChI is InChI=1S/C13H16BrNOS/c1-3-9-5-6-11(17-9)12(15-4-2)13-10(14)7-8-16-13/h5-8,12,15H,3-4H2,1-2H3. The first-order valence-corrected chi connectivity index (χ1v) is 7.42. The quantitative estimate of drug-likeness (QED) is 0.887. The fraction of sp³-hybridized carbons (Fsp3) is 0.385. The zero-order valence-electron chi connectivity index (χ0n) is 10.00. The van der Waals surface area contributed by atoms with Gasteiger partial charge in [-0.2, -0.15) is 0 Å². The summed E-state index contributed by atoms with van der Waals surface area (Å²) in [7, 11) is 0. The van der Waals surface area contributed by atoms with Crippen LogP contribution in [0.2, 0.25) is 0 Å². The first-order valence-electron chi connectivity index (χ1n) is 5.81. The molecule has 2 rings (SSSR count). The van der Waals surface area contributed by atoms with Crippen LogP contribution >= 0.6 is 27.3 Å². The normalized spacial score (nSPS) is 12.9. The Morgan fingerprint density at radius 2 is 2.18 bits per heavy atom. The van der Waals surface area contributed by atoms with Crippen molar-refractivity contribution in [3.05, 3.63) is 44.4 Å². The second kappa shape index (κ2) is 5.85. The van der Waals surface area contributed by atoms with Gasteiger partial charge in [0.05, 0.1) is 10.7 Å². The van der Waals surface area contributed by atoms with Crippen LogP contribution in [0.4, 0.5) is 0 Å². The molecule has 2 aromatic heterocycles. The van der Waals surface area contributed by atoms with Crippen molar-refractivity contribution >= 4 is 27.3 Å². The predicted molar refractivity (Wildman–Crippen MR) is 75.6 cm³/mol. The van der Waals surface area contributed by atoms with Crippen molar-refractivity contribution < 1.29 is 4.42 Å². The van der Waals surface area contributed by atoms with Gasteiger partial charge in [0.2, 0.25) is 0 Å². The summed E-state index contributed by atoms with van der Waals surface area (Å²) < 4.78 is 6.60. The maximum Gasteiger partial charge on any atom is 0.140 e. The maximum absolute atomic E-state index is 5.57. The fourth-order valence-electron chi connectivity index (χ4n) is 1.78. The van der Waals surface area contributed by atoms with E-state index in [9.17, 15) is 0 Å². The van der Waals surface area contributed by atoms with Crippen LogP contribution in [-0.4, -0.2) is 6.54 Å². The number of hydrogen-bond donors (Lipinski definition) is 1. The van der Waals surface area contributed by atoms with Gasteiger partial charge < -0.3 is 9.73 Å². The van der Waals surface area contributed by atoms with Gasteiger partial charge in [0.15, 0.2) is 0 Å². The van der Waals surface area contributed by atoms with Crippen LogP contribution in [-0.2, 0) is 6.42 Å². The van der Waals surface area contributed by atoms with Gasteiger partial charge in [-0.3, -0.25) is 0 Å². The van der Waals surface area contributed by atoms with Crippen LogP contribution in [0.25, 0.3) is 0 Å². The number of halogens is 1. The molecule has 0 saturated heterocycles. The molecule has 0 radical (unpaired) electrons. The smallest absolute Gasteiger partial charge is 0.140 e. The SMILES string of the molecule is CCNC(c1ccc(CC)s1)c1occc1Br. The molecule has 0 aliphatic rings. The molecule has 1 unspecified atom stereocenters. The fourth-order valence-corrected chi connectivity index (χ4v) is 3.24. The molecule has 0 amide bonds. The van der Waals surface area contributed by atoms with Crippen molar-refractivity contribution in [2.75, 3.05) is 6.54 Å². The van der Waals surface area contributed by atoms with E-state index in [2.05, 4.69) is 47.2 Å². The number of furan rings is 1. The van der Waals surface area contributed by atoms with E-state index in [0.717, 1.165) is 23.2 Å². The summed E-state index contributed by atoms with van der Waals surface area (Å²) in [6, 6.07) is 6.47. The Bertz CT molecular complexity index is 477. The summed E-state index contributed by atoms with van der Waals surface area (Å²) in [5, 5.41) is 3.47.